The summed E-state index contributed by atoms with van der Waals surface area (Å²) in [4.78, 5) is 13.3. The summed E-state index contributed by atoms with van der Waals surface area (Å²) >= 11 is 0. The third-order valence-corrected chi connectivity index (χ3v) is 3.57. The van der Waals surface area contributed by atoms with Crippen LogP contribution in [0.3, 0.4) is 0 Å². The van der Waals surface area contributed by atoms with Gasteiger partial charge in [0.05, 0.1) is 12.4 Å². The second-order valence-electron chi connectivity index (χ2n) is 5.03. The Hall–Kier alpha value is -1.36. The van der Waals surface area contributed by atoms with E-state index in [0.717, 1.165) is 37.9 Å². The second-order valence-corrected chi connectivity index (χ2v) is 5.03. The Kier molecular flexibility index (Phi) is 2.84. The van der Waals surface area contributed by atoms with Crippen LogP contribution in [0, 0.1) is 5.92 Å². The summed E-state index contributed by atoms with van der Waals surface area (Å²) in [5.74, 6) is 2.42. The van der Waals surface area contributed by atoms with Crippen LogP contribution in [-0.2, 0) is 0 Å². The van der Waals surface area contributed by atoms with Gasteiger partial charge in [0, 0.05) is 32.7 Å². The van der Waals surface area contributed by atoms with E-state index in [2.05, 4.69) is 19.8 Å². The molecule has 1 aromatic rings. The minimum Gasteiger partial charge on any atom is -0.382 e. The molecule has 2 heterocycles. The maximum atomic E-state index is 5.54. The molecule has 2 N–H and O–H groups in total. The van der Waals surface area contributed by atoms with Crippen molar-refractivity contribution in [3.05, 3.63) is 12.4 Å². The van der Waals surface area contributed by atoms with Crippen molar-refractivity contribution in [1.29, 1.82) is 0 Å². The molecule has 5 nitrogen and oxygen atoms in total. The molecule has 0 bridgehead atoms. The Morgan fingerprint density at radius 1 is 1.12 bits per heavy atom. The average molecular weight is 233 g/mol. The van der Waals surface area contributed by atoms with Crippen molar-refractivity contribution < 1.29 is 0 Å². The molecular weight excluding hydrogens is 214 g/mol. The number of rotatable bonds is 3. The summed E-state index contributed by atoms with van der Waals surface area (Å²) in [5, 5.41) is 0. The van der Waals surface area contributed by atoms with Gasteiger partial charge in [-0.25, -0.2) is 9.97 Å². The standard InChI is InChI=1S/C12H19N5/c13-11-7-15-12(8-14-11)17-5-3-16(4-6-17)9-10-1-2-10/h7-8,10H,1-6,9H2,(H2,13,14). The van der Waals surface area contributed by atoms with Gasteiger partial charge >= 0.3 is 0 Å². The SMILES string of the molecule is Nc1cnc(N2CCN(CC3CC3)CC2)cn1. The quantitative estimate of drug-likeness (QED) is 0.828. The summed E-state index contributed by atoms with van der Waals surface area (Å²) in [6.07, 6.45) is 6.27. The van der Waals surface area contributed by atoms with Crippen LogP contribution in [-0.4, -0.2) is 47.6 Å². The Labute approximate surface area is 102 Å². The number of nitrogens with zero attached hydrogens (tertiary/aromatic N) is 4. The fourth-order valence-electron chi connectivity index (χ4n) is 2.32. The Bertz CT molecular complexity index is 365. The molecule has 1 aromatic heterocycles. The van der Waals surface area contributed by atoms with Gasteiger partial charge in [0.25, 0.3) is 0 Å². The lowest BCUT2D eigenvalue weighted by Gasteiger charge is -2.35. The van der Waals surface area contributed by atoms with Crippen molar-refractivity contribution in [2.24, 2.45) is 5.92 Å². The van der Waals surface area contributed by atoms with E-state index in [-0.39, 0.29) is 0 Å². The lowest BCUT2D eigenvalue weighted by molar-refractivity contribution is 0.247. The zero-order chi connectivity index (χ0) is 11.7. The first-order valence-electron chi connectivity index (χ1n) is 6.36. The van der Waals surface area contributed by atoms with Gasteiger partial charge in [-0.05, 0) is 18.8 Å². The predicted octanol–water partition coefficient (Wildman–Crippen LogP) is 0.591. The van der Waals surface area contributed by atoms with E-state index in [4.69, 9.17) is 5.73 Å². The number of piperazine rings is 1. The molecule has 1 aliphatic carbocycles. The highest BCUT2D eigenvalue weighted by atomic mass is 15.3. The van der Waals surface area contributed by atoms with Gasteiger partial charge in [0.1, 0.15) is 11.6 Å². The maximum absolute atomic E-state index is 5.54. The lowest BCUT2D eigenvalue weighted by Crippen LogP contribution is -2.47. The molecule has 1 aliphatic heterocycles. The number of aromatic nitrogens is 2. The predicted molar refractivity (Wildman–Crippen MR) is 67.8 cm³/mol. The Morgan fingerprint density at radius 2 is 1.88 bits per heavy atom. The molecule has 3 rings (SSSR count). The van der Waals surface area contributed by atoms with Gasteiger partial charge in [-0.3, -0.25) is 4.90 Å². The zero-order valence-corrected chi connectivity index (χ0v) is 10.0. The van der Waals surface area contributed by atoms with Crippen molar-refractivity contribution >= 4 is 11.6 Å². The van der Waals surface area contributed by atoms with Crippen LogP contribution in [0.5, 0.6) is 0 Å². The summed E-state index contributed by atoms with van der Waals surface area (Å²) in [5.41, 5.74) is 5.54. The molecule has 0 radical (unpaired) electrons. The molecule has 2 fully saturated rings. The third-order valence-electron chi connectivity index (χ3n) is 3.57. The van der Waals surface area contributed by atoms with E-state index >= 15 is 0 Å². The van der Waals surface area contributed by atoms with E-state index in [1.807, 2.05) is 0 Å². The van der Waals surface area contributed by atoms with E-state index in [0.29, 0.717) is 5.82 Å². The number of anilines is 2. The highest BCUT2D eigenvalue weighted by Crippen LogP contribution is 2.30. The lowest BCUT2D eigenvalue weighted by atomic mass is 10.3. The highest BCUT2D eigenvalue weighted by Gasteiger charge is 2.26. The topological polar surface area (TPSA) is 58.3 Å². The summed E-state index contributed by atoms with van der Waals surface area (Å²) in [6.45, 7) is 5.67. The van der Waals surface area contributed by atoms with Crippen LogP contribution in [0.4, 0.5) is 11.6 Å². The van der Waals surface area contributed by atoms with Crippen molar-refractivity contribution in [2.75, 3.05) is 43.4 Å². The minimum absolute atomic E-state index is 0.487. The second kappa shape index (κ2) is 4.49. The molecule has 2 aliphatic rings. The van der Waals surface area contributed by atoms with Gasteiger partial charge < -0.3 is 10.6 Å². The molecule has 1 saturated carbocycles. The summed E-state index contributed by atoms with van der Waals surface area (Å²) < 4.78 is 0. The zero-order valence-electron chi connectivity index (χ0n) is 10.0. The molecular formula is C12H19N5. The van der Waals surface area contributed by atoms with Gasteiger partial charge in [0.2, 0.25) is 0 Å². The van der Waals surface area contributed by atoms with Crippen LogP contribution in [0.1, 0.15) is 12.8 Å². The Morgan fingerprint density at radius 3 is 2.47 bits per heavy atom. The van der Waals surface area contributed by atoms with Crippen LogP contribution >= 0.6 is 0 Å². The van der Waals surface area contributed by atoms with Crippen molar-refractivity contribution in [2.45, 2.75) is 12.8 Å². The molecule has 0 aromatic carbocycles. The van der Waals surface area contributed by atoms with Crippen molar-refractivity contribution in [3.8, 4) is 0 Å². The minimum atomic E-state index is 0.487. The largest absolute Gasteiger partial charge is 0.382 e. The molecule has 17 heavy (non-hydrogen) atoms. The molecule has 5 heteroatoms. The van der Waals surface area contributed by atoms with Crippen molar-refractivity contribution in [1.82, 2.24) is 14.9 Å². The maximum Gasteiger partial charge on any atom is 0.147 e. The first kappa shape index (κ1) is 10.8. The molecule has 0 unspecified atom stereocenters. The number of hydrogen-bond acceptors (Lipinski definition) is 5. The fourth-order valence-corrected chi connectivity index (χ4v) is 2.32. The van der Waals surface area contributed by atoms with E-state index in [9.17, 15) is 0 Å². The molecule has 0 amide bonds. The van der Waals surface area contributed by atoms with Crippen LogP contribution in [0.2, 0.25) is 0 Å². The number of nitrogen functional groups attached to an aromatic ring is 1. The molecule has 0 atom stereocenters. The van der Waals surface area contributed by atoms with Crippen molar-refractivity contribution in [3.63, 3.8) is 0 Å². The smallest absolute Gasteiger partial charge is 0.147 e. The molecule has 1 saturated heterocycles. The normalized spacial score (nSPS) is 21.8. The summed E-state index contributed by atoms with van der Waals surface area (Å²) in [7, 11) is 0. The van der Waals surface area contributed by atoms with Gasteiger partial charge in [0.15, 0.2) is 0 Å². The van der Waals surface area contributed by atoms with E-state index in [1.165, 1.54) is 19.4 Å². The summed E-state index contributed by atoms with van der Waals surface area (Å²) in [6, 6.07) is 0. The first-order chi connectivity index (χ1) is 8.31. The molecule has 0 spiro atoms. The van der Waals surface area contributed by atoms with E-state index < -0.39 is 0 Å². The average Bonchev–Trinajstić information content (AvgIpc) is 3.15. The van der Waals surface area contributed by atoms with Crippen LogP contribution in [0.15, 0.2) is 12.4 Å². The van der Waals surface area contributed by atoms with Crippen LogP contribution in [0.25, 0.3) is 0 Å². The Balaban J connectivity index is 1.54. The van der Waals surface area contributed by atoms with Gasteiger partial charge in [-0.2, -0.15) is 0 Å². The van der Waals surface area contributed by atoms with Gasteiger partial charge in [-0.15, -0.1) is 0 Å². The number of hydrogen-bond donors (Lipinski definition) is 1. The van der Waals surface area contributed by atoms with Crippen LogP contribution < -0.4 is 10.6 Å². The first-order valence-corrected chi connectivity index (χ1v) is 6.36. The fraction of sp³-hybridized carbons (Fsp3) is 0.667. The van der Waals surface area contributed by atoms with E-state index in [1.54, 1.807) is 12.4 Å². The van der Waals surface area contributed by atoms with Gasteiger partial charge in [-0.1, -0.05) is 0 Å². The highest BCUT2D eigenvalue weighted by molar-refractivity contribution is 5.39. The third kappa shape index (κ3) is 2.66. The molecule has 92 valence electrons. The monoisotopic (exact) mass is 233 g/mol. The number of nitrogens with two attached hydrogens (primary N) is 1.